The summed E-state index contributed by atoms with van der Waals surface area (Å²) in [5, 5.41) is 2.88. The molecule has 0 aromatic heterocycles. The highest BCUT2D eigenvalue weighted by Crippen LogP contribution is 2.24. The van der Waals surface area contributed by atoms with Crippen molar-refractivity contribution < 1.29 is 8.42 Å². The van der Waals surface area contributed by atoms with Crippen molar-refractivity contribution in [3.63, 3.8) is 0 Å². The van der Waals surface area contributed by atoms with Crippen molar-refractivity contribution in [1.82, 2.24) is 5.32 Å². The summed E-state index contributed by atoms with van der Waals surface area (Å²) in [5.41, 5.74) is 12.9. The maximum atomic E-state index is 11.7. The highest BCUT2D eigenvalue weighted by Gasteiger charge is 2.28. The Bertz CT molecular complexity index is 679. The zero-order valence-electron chi connectivity index (χ0n) is 10.7. The topological polar surface area (TPSA) is 111 Å². The van der Waals surface area contributed by atoms with Crippen molar-refractivity contribution in [1.29, 1.82) is 0 Å². The number of hydrogen-bond donors (Lipinski definition) is 3. The van der Waals surface area contributed by atoms with E-state index in [1.807, 2.05) is 0 Å². The third kappa shape index (κ3) is 2.61. The molecule has 1 aromatic rings. The van der Waals surface area contributed by atoms with Crippen LogP contribution in [0.4, 0.5) is 0 Å². The molecular formula is C12H16N4O2S. The number of aliphatic imine (C=N–C) groups is 1. The maximum Gasteiger partial charge on any atom is 0.211 e. The number of aryl methyl sites for hydroxylation is 1. The summed E-state index contributed by atoms with van der Waals surface area (Å²) in [6.07, 6.45) is 4.33. The highest BCUT2D eigenvalue weighted by atomic mass is 32.2. The van der Waals surface area contributed by atoms with Gasteiger partial charge >= 0.3 is 0 Å². The Morgan fingerprint density at radius 3 is 2.63 bits per heavy atom. The van der Waals surface area contributed by atoms with Gasteiger partial charge in [0.15, 0.2) is 9.84 Å². The number of amidine groups is 1. The van der Waals surface area contributed by atoms with Crippen molar-refractivity contribution in [2.75, 3.05) is 6.26 Å². The predicted octanol–water partition coefficient (Wildman–Crippen LogP) is -0.0584. The number of nitrogens with one attached hydrogen (secondary N) is 1. The van der Waals surface area contributed by atoms with E-state index in [0.717, 1.165) is 6.26 Å². The molecule has 1 heterocycles. The molecule has 0 amide bonds. The van der Waals surface area contributed by atoms with Crippen molar-refractivity contribution in [2.45, 2.75) is 17.6 Å². The van der Waals surface area contributed by atoms with Crippen molar-refractivity contribution in [3.05, 3.63) is 41.6 Å². The first-order chi connectivity index (χ1) is 8.72. The summed E-state index contributed by atoms with van der Waals surface area (Å²) >= 11 is 0. The molecule has 0 spiro atoms. The lowest BCUT2D eigenvalue weighted by Gasteiger charge is -2.29. The molecule has 0 fully saturated rings. The van der Waals surface area contributed by atoms with Gasteiger partial charge in [-0.05, 0) is 24.6 Å². The van der Waals surface area contributed by atoms with Crippen molar-refractivity contribution in [3.8, 4) is 0 Å². The Labute approximate surface area is 112 Å². The van der Waals surface area contributed by atoms with Gasteiger partial charge in [-0.15, -0.1) is 0 Å². The van der Waals surface area contributed by atoms with Crippen LogP contribution in [0.3, 0.4) is 0 Å². The summed E-state index contributed by atoms with van der Waals surface area (Å²) in [7, 11) is -3.32. The fourth-order valence-electron chi connectivity index (χ4n) is 1.91. The second-order valence-corrected chi connectivity index (χ2v) is 6.52. The van der Waals surface area contributed by atoms with Crippen LogP contribution in [0.2, 0.25) is 0 Å². The highest BCUT2D eigenvalue weighted by molar-refractivity contribution is 7.90. The van der Waals surface area contributed by atoms with Crippen LogP contribution in [0.25, 0.3) is 0 Å². The molecular weight excluding hydrogens is 264 g/mol. The van der Waals surface area contributed by atoms with Gasteiger partial charge in [-0.25, -0.2) is 13.4 Å². The van der Waals surface area contributed by atoms with Crippen LogP contribution in [0.5, 0.6) is 0 Å². The molecule has 1 unspecified atom stereocenters. The lowest BCUT2D eigenvalue weighted by atomic mass is 10.1. The Kier molecular flexibility index (Phi) is 3.11. The normalized spacial score (nSPS) is 22.8. The summed E-state index contributed by atoms with van der Waals surface area (Å²) in [6, 6.07) is 4.95. The van der Waals surface area contributed by atoms with Crippen LogP contribution in [-0.2, 0) is 15.6 Å². The van der Waals surface area contributed by atoms with E-state index in [1.54, 1.807) is 31.3 Å². The van der Waals surface area contributed by atoms with Crippen LogP contribution in [0, 0.1) is 6.92 Å². The molecule has 0 aliphatic carbocycles. The Hall–Kier alpha value is -1.86. The smallest absolute Gasteiger partial charge is 0.211 e. The van der Waals surface area contributed by atoms with Gasteiger partial charge in [0.2, 0.25) is 5.79 Å². The number of nitrogens with two attached hydrogens (primary N) is 2. The van der Waals surface area contributed by atoms with E-state index in [1.165, 1.54) is 6.07 Å². The van der Waals surface area contributed by atoms with Gasteiger partial charge in [0, 0.05) is 18.0 Å². The van der Waals surface area contributed by atoms with E-state index in [4.69, 9.17) is 11.5 Å². The predicted molar refractivity (Wildman–Crippen MR) is 74.1 cm³/mol. The summed E-state index contributed by atoms with van der Waals surface area (Å²) in [4.78, 5) is 4.35. The SMILES string of the molecule is Cc1ccc(C2(N)N=C(N)C=CN2)cc1S(C)(=O)=O. The first-order valence-electron chi connectivity index (χ1n) is 5.62. The fourth-order valence-corrected chi connectivity index (χ4v) is 2.91. The van der Waals surface area contributed by atoms with Crippen LogP contribution >= 0.6 is 0 Å². The third-order valence-electron chi connectivity index (χ3n) is 2.89. The van der Waals surface area contributed by atoms with Crippen molar-refractivity contribution >= 4 is 15.7 Å². The monoisotopic (exact) mass is 280 g/mol. The van der Waals surface area contributed by atoms with E-state index in [2.05, 4.69) is 10.3 Å². The second kappa shape index (κ2) is 4.36. The molecule has 1 aromatic carbocycles. The Morgan fingerprint density at radius 2 is 2.05 bits per heavy atom. The minimum atomic E-state index is -3.32. The van der Waals surface area contributed by atoms with Gasteiger partial charge in [-0.1, -0.05) is 12.1 Å². The number of hydrogen-bond acceptors (Lipinski definition) is 6. The van der Waals surface area contributed by atoms with Crippen molar-refractivity contribution in [2.24, 2.45) is 16.5 Å². The standard InChI is InChI=1S/C12H16N4O2S/c1-8-3-4-9(7-10(8)19(2,17)18)12(14)15-6-5-11(13)16-12/h3-7,15H,14H2,1-2H3,(H2,13,16). The number of benzene rings is 1. The number of nitrogens with zero attached hydrogens (tertiary/aromatic N) is 1. The summed E-state index contributed by atoms with van der Waals surface area (Å²) in [5.74, 6) is -0.964. The molecule has 7 heteroatoms. The van der Waals surface area contributed by atoms with Crippen LogP contribution in [0.15, 0.2) is 40.4 Å². The molecule has 0 radical (unpaired) electrons. The molecule has 5 N–H and O–H groups in total. The number of rotatable bonds is 2. The minimum Gasteiger partial charge on any atom is -0.384 e. The first kappa shape index (κ1) is 13.6. The lowest BCUT2D eigenvalue weighted by Crippen LogP contribution is -2.49. The zero-order valence-corrected chi connectivity index (χ0v) is 11.5. The van der Waals surface area contributed by atoms with Crippen LogP contribution < -0.4 is 16.8 Å². The van der Waals surface area contributed by atoms with Crippen LogP contribution in [0.1, 0.15) is 11.1 Å². The van der Waals surface area contributed by atoms with Crippen LogP contribution in [-0.4, -0.2) is 20.5 Å². The van der Waals surface area contributed by atoms with Gasteiger partial charge in [0.1, 0.15) is 5.84 Å². The number of sulfone groups is 1. The van der Waals surface area contributed by atoms with Gasteiger partial charge in [-0.3, -0.25) is 5.73 Å². The van der Waals surface area contributed by atoms with E-state index < -0.39 is 15.6 Å². The van der Waals surface area contributed by atoms with Gasteiger partial charge in [0.05, 0.1) is 4.90 Å². The second-order valence-electron chi connectivity index (χ2n) is 4.53. The molecule has 1 aliphatic rings. The molecule has 0 bridgehead atoms. The molecule has 1 aliphatic heterocycles. The molecule has 0 saturated carbocycles. The molecule has 102 valence electrons. The quantitative estimate of drug-likeness (QED) is 0.703. The molecule has 2 rings (SSSR count). The molecule has 1 atom stereocenters. The molecule has 19 heavy (non-hydrogen) atoms. The first-order valence-corrected chi connectivity index (χ1v) is 7.51. The molecule has 6 nitrogen and oxygen atoms in total. The van der Waals surface area contributed by atoms with Gasteiger partial charge in [-0.2, -0.15) is 0 Å². The summed E-state index contributed by atoms with van der Waals surface area (Å²) < 4.78 is 23.4. The van der Waals surface area contributed by atoms with E-state index in [9.17, 15) is 8.42 Å². The molecule has 0 saturated heterocycles. The van der Waals surface area contributed by atoms with Gasteiger partial charge in [0.25, 0.3) is 0 Å². The Morgan fingerprint density at radius 1 is 1.37 bits per heavy atom. The van der Waals surface area contributed by atoms with E-state index in [0.29, 0.717) is 11.1 Å². The maximum absolute atomic E-state index is 11.7. The Balaban J connectivity index is 2.57. The third-order valence-corrected chi connectivity index (χ3v) is 4.13. The fraction of sp³-hybridized carbons (Fsp3) is 0.250. The van der Waals surface area contributed by atoms with E-state index in [-0.39, 0.29) is 10.7 Å². The minimum absolute atomic E-state index is 0.236. The van der Waals surface area contributed by atoms with E-state index >= 15 is 0 Å². The largest absolute Gasteiger partial charge is 0.384 e. The zero-order chi connectivity index (χ0) is 14.3. The lowest BCUT2D eigenvalue weighted by molar-refractivity contribution is 0.409. The average molecular weight is 280 g/mol. The van der Waals surface area contributed by atoms with Gasteiger partial charge < -0.3 is 11.1 Å². The average Bonchev–Trinajstić information content (AvgIpc) is 2.27. The summed E-state index contributed by atoms with van der Waals surface area (Å²) in [6.45, 7) is 1.73.